The van der Waals surface area contributed by atoms with Crippen LogP contribution in [0.1, 0.15) is 12.5 Å². The summed E-state index contributed by atoms with van der Waals surface area (Å²) in [4.78, 5) is 24.1. The van der Waals surface area contributed by atoms with E-state index in [2.05, 4.69) is 10.4 Å². The molecule has 0 saturated heterocycles. The average molecular weight is 334 g/mol. The second kappa shape index (κ2) is 7.12. The fraction of sp³-hybridized carbons (Fsp3) is 0.312. The number of benzene rings is 1. The van der Waals surface area contributed by atoms with Crippen molar-refractivity contribution < 1.29 is 19.1 Å². The monoisotopic (exact) mass is 334 g/mol. The molecule has 0 radical (unpaired) electrons. The number of nitrogens with zero attached hydrogens (tertiary/aromatic N) is 3. The van der Waals surface area contributed by atoms with Crippen LogP contribution in [0.4, 0.5) is 14.9 Å². The molecule has 0 aliphatic heterocycles. The van der Waals surface area contributed by atoms with Gasteiger partial charge in [-0.05, 0) is 30.7 Å². The third kappa shape index (κ3) is 4.09. The zero-order chi connectivity index (χ0) is 17.9. The van der Waals surface area contributed by atoms with E-state index in [0.29, 0.717) is 0 Å². The van der Waals surface area contributed by atoms with Gasteiger partial charge in [-0.25, -0.2) is 13.9 Å². The van der Waals surface area contributed by atoms with Gasteiger partial charge in [0.25, 0.3) is 0 Å². The molecule has 24 heavy (non-hydrogen) atoms. The van der Waals surface area contributed by atoms with E-state index in [1.807, 2.05) is 6.92 Å². The second-order valence-electron chi connectivity index (χ2n) is 5.68. The minimum Gasteiger partial charge on any atom is -0.481 e. The van der Waals surface area contributed by atoms with E-state index < -0.39 is 23.7 Å². The zero-order valence-corrected chi connectivity index (χ0v) is 13.7. The van der Waals surface area contributed by atoms with Crippen molar-refractivity contribution in [2.75, 3.05) is 18.9 Å². The number of aliphatic carboxylic acids is 1. The molecule has 0 saturated carbocycles. The van der Waals surface area contributed by atoms with E-state index in [1.165, 1.54) is 35.7 Å². The number of hydrogen-bond donors (Lipinski definition) is 2. The number of urea groups is 1. The lowest BCUT2D eigenvalue weighted by atomic mass is 10.2. The number of carbonyl (C=O) groups is 2. The molecule has 0 spiro atoms. The van der Waals surface area contributed by atoms with E-state index in [4.69, 9.17) is 5.11 Å². The summed E-state index contributed by atoms with van der Waals surface area (Å²) < 4.78 is 15.6. The van der Waals surface area contributed by atoms with Crippen molar-refractivity contribution in [3.63, 3.8) is 0 Å². The molecule has 0 aliphatic rings. The molecule has 0 bridgehead atoms. The van der Waals surface area contributed by atoms with Crippen molar-refractivity contribution in [2.24, 2.45) is 5.92 Å². The maximum absolute atomic E-state index is 14.2. The van der Waals surface area contributed by atoms with Gasteiger partial charge in [0.2, 0.25) is 0 Å². The van der Waals surface area contributed by atoms with Crippen LogP contribution in [0.5, 0.6) is 0 Å². The summed E-state index contributed by atoms with van der Waals surface area (Å²) in [6.45, 7) is 3.41. The Hall–Kier alpha value is -2.90. The normalized spacial score (nSPS) is 11.8. The Balaban J connectivity index is 2.06. The highest BCUT2D eigenvalue weighted by Crippen LogP contribution is 2.18. The molecule has 1 unspecified atom stereocenters. The fourth-order valence-electron chi connectivity index (χ4n) is 2.11. The number of aromatic nitrogens is 2. The molecule has 2 rings (SSSR count). The molecule has 128 valence electrons. The summed E-state index contributed by atoms with van der Waals surface area (Å²) in [6.07, 6.45) is 3.31. The average Bonchev–Trinajstić information content (AvgIpc) is 2.93. The highest BCUT2D eigenvalue weighted by Gasteiger charge is 2.18. The van der Waals surface area contributed by atoms with Crippen LogP contribution < -0.4 is 5.32 Å². The molecule has 1 heterocycles. The maximum Gasteiger partial charge on any atom is 0.321 e. The number of nitrogens with one attached hydrogen (secondary N) is 1. The van der Waals surface area contributed by atoms with Gasteiger partial charge in [0.15, 0.2) is 5.82 Å². The van der Waals surface area contributed by atoms with Gasteiger partial charge in [0.05, 0.1) is 12.1 Å². The summed E-state index contributed by atoms with van der Waals surface area (Å²) in [5.74, 6) is -2.21. The Morgan fingerprint density at radius 2 is 2.17 bits per heavy atom. The highest BCUT2D eigenvalue weighted by molar-refractivity contribution is 5.89. The number of rotatable bonds is 5. The highest BCUT2D eigenvalue weighted by atomic mass is 19.1. The Bertz CT molecular complexity index is 760. The fourth-order valence-corrected chi connectivity index (χ4v) is 2.11. The Morgan fingerprint density at radius 1 is 1.46 bits per heavy atom. The van der Waals surface area contributed by atoms with Crippen molar-refractivity contribution in [1.82, 2.24) is 14.7 Å². The van der Waals surface area contributed by atoms with Crippen LogP contribution in [0.3, 0.4) is 0 Å². The van der Waals surface area contributed by atoms with Crippen LogP contribution in [0.25, 0.3) is 5.69 Å². The molecule has 1 aromatic carbocycles. The van der Waals surface area contributed by atoms with Crippen molar-refractivity contribution >= 4 is 17.7 Å². The second-order valence-corrected chi connectivity index (χ2v) is 5.68. The lowest BCUT2D eigenvalue weighted by Gasteiger charge is -2.20. The van der Waals surface area contributed by atoms with Crippen molar-refractivity contribution in [1.29, 1.82) is 0 Å². The first-order valence-corrected chi connectivity index (χ1v) is 7.34. The summed E-state index contributed by atoms with van der Waals surface area (Å²) in [6, 6.07) is 3.75. The Labute approximate surface area is 138 Å². The van der Waals surface area contributed by atoms with Crippen molar-refractivity contribution in [3.8, 4) is 5.69 Å². The molecule has 2 amide bonds. The number of hydrogen-bond acceptors (Lipinski definition) is 3. The van der Waals surface area contributed by atoms with Crippen LogP contribution in [0.2, 0.25) is 0 Å². The van der Waals surface area contributed by atoms with Gasteiger partial charge in [-0.1, -0.05) is 6.92 Å². The number of carbonyl (C=O) groups excluding carboxylic acids is 1. The molecule has 0 aliphatic carbocycles. The van der Waals surface area contributed by atoms with Gasteiger partial charge >= 0.3 is 12.0 Å². The topological polar surface area (TPSA) is 87.5 Å². The predicted octanol–water partition coefficient (Wildman–Crippen LogP) is 2.50. The number of halogens is 1. The standard InChI is InChI=1S/C16H19FN4O3/c1-10-7-18-21(8-10)14-5-4-12(6-13(14)17)19-16(24)20(3)9-11(2)15(22)23/h4-8,11H,9H2,1-3H3,(H,19,24)(H,22,23). The molecular formula is C16H19FN4O3. The first-order chi connectivity index (χ1) is 11.3. The van der Waals surface area contributed by atoms with Crippen LogP contribution in [0.15, 0.2) is 30.6 Å². The maximum atomic E-state index is 14.2. The van der Waals surface area contributed by atoms with Gasteiger partial charge in [-0.15, -0.1) is 0 Å². The lowest BCUT2D eigenvalue weighted by Crippen LogP contribution is -2.36. The minimum absolute atomic E-state index is 0.0499. The first kappa shape index (κ1) is 17.5. The van der Waals surface area contributed by atoms with Crippen LogP contribution in [-0.4, -0.2) is 45.4 Å². The summed E-state index contributed by atoms with van der Waals surface area (Å²) in [5.41, 5.74) is 1.45. The number of anilines is 1. The Morgan fingerprint density at radius 3 is 2.71 bits per heavy atom. The smallest absolute Gasteiger partial charge is 0.321 e. The van der Waals surface area contributed by atoms with E-state index in [1.54, 1.807) is 18.5 Å². The number of aryl methyl sites for hydroxylation is 1. The van der Waals surface area contributed by atoms with Crippen LogP contribution in [0, 0.1) is 18.7 Å². The van der Waals surface area contributed by atoms with Gasteiger partial charge in [0, 0.05) is 25.5 Å². The van der Waals surface area contributed by atoms with Gasteiger partial charge in [-0.2, -0.15) is 5.10 Å². The van der Waals surface area contributed by atoms with Crippen molar-refractivity contribution in [3.05, 3.63) is 42.0 Å². The molecule has 2 N–H and O–H groups in total. The number of carboxylic acid groups (broad SMARTS) is 1. The first-order valence-electron chi connectivity index (χ1n) is 7.34. The third-order valence-corrected chi connectivity index (χ3v) is 3.47. The lowest BCUT2D eigenvalue weighted by molar-refractivity contribution is -0.141. The molecule has 1 aromatic heterocycles. The summed E-state index contributed by atoms with van der Waals surface area (Å²) >= 11 is 0. The molecule has 2 aromatic rings. The Kier molecular flexibility index (Phi) is 5.18. The van der Waals surface area contributed by atoms with E-state index in [-0.39, 0.29) is 17.9 Å². The summed E-state index contributed by atoms with van der Waals surface area (Å²) in [7, 11) is 1.48. The predicted molar refractivity (Wildman–Crippen MR) is 86.7 cm³/mol. The van der Waals surface area contributed by atoms with E-state index in [9.17, 15) is 14.0 Å². The quantitative estimate of drug-likeness (QED) is 0.879. The number of amides is 2. The van der Waals surface area contributed by atoms with Crippen LogP contribution in [-0.2, 0) is 4.79 Å². The zero-order valence-electron chi connectivity index (χ0n) is 13.7. The SMILES string of the molecule is Cc1cnn(-c2ccc(NC(=O)N(C)CC(C)C(=O)O)cc2F)c1. The molecule has 1 atom stereocenters. The van der Waals surface area contributed by atoms with Gasteiger partial charge in [0.1, 0.15) is 5.69 Å². The van der Waals surface area contributed by atoms with Crippen LogP contribution >= 0.6 is 0 Å². The van der Waals surface area contributed by atoms with Gasteiger partial charge in [-0.3, -0.25) is 4.79 Å². The van der Waals surface area contributed by atoms with E-state index >= 15 is 0 Å². The third-order valence-electron chi connectivity index (χ3n) is 3.47. The van der Waals surface area contributed by atoms with Gasteiger partial charge < -0.3 is 15.3 Å². The number of carboxylic acids is 1. The minimum atomic E-state index is -0.987. The van der Waals surface area contributed by atoms with Crippen molar-refractivity contribution in [2.45, 2.75) is 13.8 Å². The molecule has 7 nitrogen and oxygen atoms in total. The summed E-state index contributed by atoms with van der Waals surface area (Å²) in [5, 5.41) is 15.4. The molecular weight excluding hydrogens is 315 g/mol. The molecule has 0 fully saturated rings. The van der Waals surface area contributed by atoms with E-state index in [0.717, 1.165) is 5.56 Å². The largest absolute Gasteiger partial charge is 0.481 e. The molecule has 8 heteroatoms.